The molecule has 3 rings (SSSR count). The molecule has 0 saturated heterocycles. The molecule has 3 aromatic rings. The Hall–Kier alpha value is -2.21. The van der Waals surface area contributed by atoms with Crippen molar-refractivity contribution in [1.29, 1.82) is 0 Å². The van der Waals surface area contributed by atoms with Crippen LogP contribution in [0.2, 0.25) is 0 Å². The number of para-hydroxylation sites is 1. The summed E-state index contributed by atoms with van der Waals surface area (Å²) in [6, 6.07) is 7.37. The van der Waals surface area contributed by atoms with Crippen LogP contribution in [0.5, 0.6) is 0 Å². The maximum absolute atomic E-state index is 12.1. The van der Waals surface area contributed by atoms with Gasteiger partial charge in [0, 0.05) is 7.05 Å². The van der Waals surface area contributed by atoms with Gasteiger partial charge in [0.25, 0.3) is 5.56 Å². The van der Waals surface area contributed by atoms with Crippen LogP contribution < -0.4 is 11.3 Å². The van der Waals surface area contributed by atoms with Crippen LogP contribution in [-0.2, 0) is 13.6 Å². The van der Waals surface area contributed by atoms with Gasteiger partial charge < -0.3 is 5.73 Å². The van der Waals surface area contributed by atoms with Gasteiger partial charge in [-0.25, -0.2) is 0 Å². The zero-order chi connectivity index (χ0) is 12.0. The predicted octanol–water partition coefficient (Wildman–Crippen LogP) is 0.0399. The summed E-state index contributed by atoms with van der Waals surface area (Å²) in [6.45, 7) is 0.281. The molecule has 6 heteroatoms. The predicted molar refractivity (Wildman–Crippen MR) is 63.6 cm³/mol. The van der Waals surface area contributed by atoms with Gasteiger partial charge in [0.15, 0.2) is 5.82 Å². The lowest BCUT2D eigenvalue weighted by molar-refractivity contribution is 0.851. The average Bonchev–Trinajstić information content (AvgIpc) is 2.80. The van der Waals surface area contributed by atoms with Crippen molar-refractivity contribution in [2.24, 2.45) is 12.8 Å². The molecule has 0 saturated carbocycles. The zero-order valence-corrected chi connectivity index (χ0v) is 9.29. The molecule has 0 radical (unpaired) electrons. The Balaban J connectivity index is 2.69. The highest BCUT2D eigenvalue weighted by Gasteiger charge is 2.12. The second-order valence-corrected chi connectivity index (χ2v) is 3.84. The Bertz CT molecular complexity index is 770. The summed E-state index contributed by atoms with van der Waals surface area (Å²) in [6.07, 6.45) is 0. The monoisotopic (exact) mass is 229 g/mol. The van der Waals surface area contributed by atoms with Crippen molar-refractivity contribution in [2.45, 2.75) is 6.54 Å². The van der Waals surface area contributed by atoms with E-state index in [4.69, 9.17) is 5.73 Å². The molecule has 2 N–H and O–H groups in total. The van der Waals surface area contributed by atoms with Gasteiger partial charge in [-0.2, -0.15) is 0 Å². The number of aryl methyl sites for hydroxylation is 1. The molecular formula is C11H11N5O. The summed E-state index contributed by atoms with van der Waals surface area (Å²) in [7, 11) is 1.68. The molecule has 86 valence electrons. The molecule has 2 heterocycles. The minimum Gasteiger partial charge on any atom is -0.324 e. The first-order valence-corrected chi connectivity index (χ1v) is 5.26. The molecule has 0 amide bonds. The van der Waals surface area contributed by atoms with E-state index in [1.807, 2.05) is 22.6 Å². The molecule has 0 spiro atoms. The Morgan fingerprint density at radius 2 is 2.06 bits per heavy atom. The largest absolute Gasteiger partial charge is 0.324 e. The van der Waals surface area contributed by atoms with Gasteiger partial charge in [-0.1, -0.05) is 12.1 Å². The number of nitrogens with zero attached hydrogens (tertiary/aromatic N) is 4. The Labute approximate surface area is 96.3 Å². The fraction of sp³-hybridized carbons (Fsp3) is 0.182. The molecule has 0 aliphatic carbocycles. The molecule has 0 atom stereocenters. The summed E-state index contributed by atoms with van der Waals surface area (Å²) in [5.41, 5.74) is 6.34. The third-order valence-electron chi connectivity index (χ3n) is 2.88. The fourth-order valence-electron chi connectivity index (χ4n) is 2.02. The van der Waals surface area contributed by atoms with Crippen LogP contribution in [0.1, 0.15) is 5.82 Å². The summed E-state index contributed by atoms with van der Waals surface area (Å²) >= 11 is 0. The van der Waals surface area contributed by atoms with Crippen LogP contribution in [0.4, 0.5) is 0 Å². The van der Waals surface area contributed by atoms with E-state index in [2.05, 4.69) is 10.2 Å². The Kier molecular flexibility index (Phi) is 1.99. The lowest BCUT2D eigenvalue weighted by Gasteiger charge is -2.06. The number of hydrogen-bond donors (Lipinski definition) is 1. The van der Waals surface area contributed by atoms with Crippen molar-refractivity contribution >= 4 is 16.7 Å². The number of nitrogens with two attached hydrogens (primary N) is 1. The van der Waals surface area contributed by atoms with Crippen LogP contribution in [0.15, 0.2) is 29.1 Å². The summed E-state index contributed by atoms with van der Waals surface area (Å²) in [5.74, 6) is 1.15. The van der Waals surface area contributed by atoms with Crippen LogP contribution in [0, 0.1) is 0 Å². The van der Waals surface area contributed by atoms with Gasteiger partial charge in [-0.05, 0) is 12.1 Å². The number of fused-ring (bicyclic) bond motifs is 3. The fourth-order valence-corrected chi connectivity index (χ4v) is 2.02. The standard InChI is InChI=1S/C11H11N5O/c1-15-10(17)7-4-2-3-5-8(7)16-9(6-12)13-14-11(15)16/h2-5H,6,12H2,1H3. The minimum atomic E-state index is -0.0796. The summed E-state index contributed by atoms with van der Waals surface area (Å²) < 4.78 is 3.30. The third-order valence-corrected chi connectivity index (χ3v) is 2.88. The first kappa shape index (κ1) is 9.98. The van der Waals surface area contributed by atoms with E-state index in [1.54, 1.807) is 13.1 Å². The molecule has 0 aliphatic heterocycles. The number of rotatable bonds is 1. The zero-order valence-electron chi connectivity index (χ0n) is 9.29. The van der Waals surface area contributed by atoms with E-state index in [9.17, 15) is 4.79 Å². The number of aromatic nitrogens is 4. The maximum atomic E-state index is 12.1. The SMILES string of the molecule is Cn1c(=O)c2ccccc2n2c(CN)nnc12. The molecule has 0 fully saturated rings. The highest BCUT2D eigenvalue weighted by Crippen LogP contribution is 2.13. The van der Waals surface area contributed by atoms with E-state index in [-0.39, 0.29) is 12.1 Å². The van der Waals surface area contributed by atoms with Gasteiger partial charge >= 0.3 is 0 Å². The van der Waals surface area contributed by atoms with Crippen LogP contribution in [0.25, 0.3) is 16.7 Å². The van der Waals surface area contributed by atoms with E-state index in [1.165, 1.54) is 4.57 Å². The number of benzene rings is 1. The molecule has 0 aliphatic rings. The second-order valence-electron chi connectivity index (χ2n) is 3.84. The highest BCUT2D eigenvalue weighted by atomic mass is 16.1. The van der Waals surface area contributed by atoms with Crippen molar-refractivity contribution in [3.05, 3.63) is 40.4 Å². The molecule has 0 unspecified atom stereocenters. The normalized spacial score (nSPS) is 11.4. The van der Waals surface area contributed by atoms with Crippen molar-refractivity contribution in [3.63, 3.8) is 0 Å². The molecule has 0 bridgehead atoms. The lowest BCUT2D eigenvalue weighted by atomic mass is 10.2. The van der Waals surface area contributed by atoms with E-state index >= 15 is 0 Å². The maximum Gasteiger partial charge on any atom is 0.262 e. The first-order valence-electron chi connectivity index (χ1n) is 5.26. The van der Waals surface area contributed by atoms with Crippen LogP contribution >= 0.6 is 0 Å². The van der Waals surface area contributed by atoms with Gasteiger partial charge in [-0.15, -0.1) is 10.2 Å². The summed E-state index contributed by atoms with van der Waals surface area (Å²) in [4.78, 5) is 12.1. The van der Waals surface area contributed by atoms with Crippen molar-refractivity contribution in [1.82, 2.24) is 19.2 Å². The lowest BCUT2D eigenvalue weighted by Crippen LogP contribution is -2.20. The smallest absolute Gasteiger partial charge is 0.262 e. The van der Waals surface area contributed by atoms with Crippen LogP contribution in [-0.4, -0.2) is 19.2 Å². The molecule has 6 nitrogen and oxygen atoms in total. The van der Waals surface area contributed by atoms with E-state index < -0.39 is 0 Å². The Morgan fingerprint density at radius 1 is 1.29 bits per heavy atom. The Morgan fingerprint density at radius 3 is 2.82 bits per heavy atom. The third kappa shape index (κ3) is 1.21. The molecule has 1 aromatic carbocycles. The molecule has 17 heavy (non-hydrogen) atoms. The molecule has 2 aromatic heterocycles. The van der Waals surface area contributed by atoms with Gasteiger partial charge in [0.1, 0.15) is 0 Å². The van der Waals surface area contributed by atoms with Crippen molar-refractivity contribution < 1.29 is 0 Å². The number of hydrogen-bond acceptors (Lipinski definition) is 4. The van der Waals surface area contributed by atoms with Crippen molar-refractivity contribution in [2.75, 3.05) is 0 Å². The highest BCUT2D eigenvalue weighted by molar-refractivity contribution is 5.80. The van der Waals surface area contributed by atoms with Crippen molar-refractivity contribution in [3.8, 4) is 0 Å². The van der Waals surface area contributed by atoms with Gasteiger partial charge in [-0.3, -0.25) is 13.8 Å². The first-order chi connectivity index (χ1) is 8.24. The van der Waals surface area contributed by atoms with Gasteiger partial charge in [0.05, 0.1) is 17.4 Å². The topological polar surface area (TPSA) is 78.2 Å². The van der Waals surface area contributed by atoms with Crippen LogP contribution in [0.3, 0.4) is 0 Å². The molecular weight excluding hydrogens is 218 g/mol. The van der Waals surface area contributed by atoms with E-state index in [0.29, 0.717) is 17.0 Å². The second kappa shape index (κ2) is 3.39. The minimum absolute atomic E-state index is 0.0796. The average molecular weight is 229 g/mol. The quantitative estimate of drug-likeness (QED) is 0.639. The summed E-state index contributed by atoms with van der Waals surface area (Å²) in [5, 5.41) is 8.63. The van der Waals surface area contributed by atoms with E-state index in [0.717, 1.165) is 5.52 Å². The van der Waals surface area contributed by atoms with Gasteiger partial charge in [0.2, 0.25) is 5.78 Å².